The van der Waals surface area contributed by atoms with Crippen LogP contribution in [0.25, 0.3) is 0 Å². The Hall–Kier alpha value is -1.55. The summed E-state index contributed by atoms with van der Waals surface area (Å²) >= 11 is 0. The summed E-state index contributed by atoms with van der Waals surface area (Å²) in [6.45, 7) is 3.10. The van der Waals surface area contributed by atoms with E-state index in [9.17, 15) is 30.3 Å². The van der Waals surface area contributed by atoms with Gasteiger partial charge in [0.2, 0.25) is 0 Å². The number of hydrogen-bond acceptors (Lipinski definition) is 8. The maximum Gasteiger partial charge on any atom is 0.194 e. The third-order valence-electron chi connectivity index (χ3n) is 7.23. The summed E-state index contributed by atoms with van der Waals surface area (Å²) in [5.74, 6) is -0.710. The van der Waals surface area contributed by atoms with E-state index >= 15 is 0 Å². The number of unbranched alkanes of at least 4 members (excludes halogenated alkanes) is 13. The highest BCUT2D eigenvalue weighted by molar-refractivity contribution is 6.00. The molecule has 1 aliphatic rings. The van der Waals surface area contributed by atoms with Crippen molar-refractivity contribution >= 4 is 11.5 Å². The van der Waals surface area contributed by atoms with E-state index in [1.807, 2.05) is 0 Å². The average Bonchev–Trinajstić information content (AvgIpc) is 2.91. The van der Waals surface area contributed by atoms with Crippen LogP contribution in [0.4, 0.5) is 5.69 Å². The van der Waals surface area contributed by atoms with Gasteiger partial charge < -0.3 is 35.6 Å². The smallest absolute Gasteiger partial charge is 0.194 e. The molecule has 37 heavy (non-hydrogen) atoms. The molecule has 2 unspecified atom stereocenters. The van der Waals surface area contributed by atoms with Gasteiger partial charge in [-0.15, -0.1) is 0 Å². The number of rotatable bonds is 19. The molecular formula is C29H49NO7. The number of aliphatic hydroxyl groups is 5. The Kier molecular flexibility index (Phi) is 15.3. The van der Waals surface area contributed by atoms with Gasteiger partial charge in [-0.2, -0.15) is 0 Å². The molecular weight excluding hydrogens is 474 g/mol. The summed E-state index contributed by atoms with van der Waals surface area (Å²) in [4.78, 5) is 12.6. The maximum atomic E-state index is 12.6. The van der Waals surface area contributed by atoms with Gasteiger partial charge in [0.05, 0.1) is 0 Å². The molecule has 0 aromatic heterocycles. The number of aliphatic hydroxyl groups excluding tert-OH is 5. The minimum absolute atomic E-state index is 0.209. The lowest BCUT2D eigenvalue weighted by Crippen LogP contribution is -2.61. The molecule has 0 amide bonds. The lowest BCUT2D eigenvalue weighted by Gasteiger charge is -2.39. The first-order valence-corrected chi connectivity index (χ1v) is 14.3. The highest BCUT2D eigenvalue weighted by Gasteiger charge is 2.47. The van der Waals surface area contributed by atoms with E-state index in [0.29, 0.717) is 0 Å². The van der Waals surface area contributed by atoms with Crippen LogP contribution in [0.15, 0.2) is 24.3 Å². The van der Waals surface area contributed by atoms with E-state index in [1.165, 1.54) is 83.5 Å². The lowest BCUT2D eigenvalue weighted by molar-refractivity contribution is -0.292. The van der Waals surface area contributed by atoms with Crippen molar-refractivity contribution in [2.45, 2.75) is 134 Å². The van der Waals surface area contributed by atoms with Crippen molar-refractivity contribution < 1.29 is 35.1 Å². The molecule has 6 atom stereocenters. The van der Waals surface area contributed by atoms with E-state index in [2.05, 4.69) is 12.2 Å². The molecule has 1 saturated heterocycles. The Labute approximate surface area is 222 Å². The molecule has 8 nitrogen and oxygen atoms in total. The second kappa shape index (κ2) is 17.9. The van der Waals surface area contributed by atoms with E-state index < -0.39 is 42.6 Å². The fourth-order valence-electron chi connectivity index (χ4n) is 4.77. The van der Waals surface area contributed by atoms with E-state index in [4.69, 9.17) is 4.74 Å². The van der Waals surface area contributed by atoms with Gasteiger partial charge in [-0.05, 0) is 30.7 Å². The number of ether oxygens (including phenoxy) is 1. The number of Topliss-reactive ketones (excluding diaryl/α,β-unsaturated/α-hetero) is 1. The third kappa shape index (κ3) is 11.0. The number of nitrogens with one attached hydrogen (secondary N) is 1. The molecule has 2 rings (SSSR count). The van der Waals surface area contributed by atoms with E-state index in [0.717, 1.165) is 18.7 Å². The number of anilines is 1. The fraction of sp³-hybridized carbons (Fsp3) is 0.759. The molecule has 8 heteroatoms. The van der Waals surface area contributed by atoms with Crippen LogP contribution in [0.5, 0.6) is 0 Å². The molecule has 0 saturated carbocycles. The van der Waals surface area contributed by atoms with Crippen molar-refractivity contribution in [3.8, 4) is 0 Å². The molecule has 1 heterocycles. The number of hydrogen-bond donors (Lipinski definition) is 6. The fourth-order valence-corrected chi connectivity index (χ4v) is 4.77. The van der Waals surface area contributed by atoms with Crippen LogP contribution in [0.1, 0.15) is 107 Å². The summed E-state index contributed by atoms with van der Waals surface area (Å²) < 4.78 is 4.96. The topological polar surface area (TPSA) is 139 Å². The average molecular weight is 524 g/mol. The highest BCUT2D eigenvalue weighted by Crippen LogP contribution is 2.24. The molecule has 212 valence electrons. The molecule has 0 bridgehead atoms. The lowest BCUT2D eigenvalue weighted by atomic mass is 9.91. The zero-order chi connectivity index (χ0) is 27.0. The Morgan fingerprint density at radius 3 is 1.76 bits per heavy atom. The van der Waals surface area contributed by atoms with Crippen molar-refractivity contribution in [3.05, 3.63) is 29.8 Å². The molecule has 0 radical (unpaired) electrons. The monoisotopic (exact) mass is 523 g/mol. The Bertz CT molecular complexity index is 744. The Balaban J connectivity index is 1.55. The zero-order valence-electron chi connectivity index (χ0n) is 22.4. The molecule has 1 aliphatic heterocycles. The zero-order valence-corrected chi connectivity index (χ0v) is 22.4. The molecule has 0 aliphatic carbocycles. The first-order chi connectivity index (χ1) is 17.9. The summed E-state index contributed by atoms with van der Waals surface area (Å²) in [7, 11) is 0. The highest BCUT2D eigenvalue weighted by atomic mass is 16.6. The second-order valence-corrected chi connectivity index (χ2v) is 10.4. The van der Waals surface area contributed by atoms with Crippen LogP contribution in [-0.4, -0.2) is 74.7 Å². The van der Waals surface area contributed by atoms with Gasteiger partial charge in [0.25, 0.3) is 0 Å². The number of ketones is 1. The van der Waals surface area contributed by atoms with Gasteiger partial charge in [0.1, 0.15) is 30.5 Å². The van der Waals surface area contributed by atoms with Crippen LogP contribution in [0, 0.1) is 0 Å². The van der Waals surface area contributed by atoms with E-state index in [-0.39, 0.29) is 5.56 Å². The van der Waals surface area contributed by atoms with Crippen molar-refractivity contribution in [2.24, 2.45) is 0 Å². The van der Waals surface area contributed by atoms with E-state index in [1.54, 1.807) is 24.3 Å². The molecule has 1 fully saturated rings. The number of carbonyl (C=O) groups is 1. The first-order valence-electron chi connectivity index (χ1n) is 14.3. The van der Waals surface area contributed by atoms with Crippen molar-refractivity contribution in [1.82, 2.24) is 0 Å². The maximum absolute atomic E-state index is 12.6. The van der Waals surface area contributed by atoms with Crippen molar-refractivity contribution in [3.63, 3.8) is 0 Å². The number of benzene rings is 1. The Morgan fingerprint density at radius 1 is 0.757 bits per heavy atom. The van der Waals surface area contributed by atoms with Crippen LogP contribution < -0.4 is 5.32 Å². The van der Waals surface area contributed by atoms with Crippen LogP contribution >= 0.6 is 0 Å². The van der Waals surface area contributed by atoms with Gasteiger partial charge in [-0.1, -0.05) is 90.4 Å². The van der Waals surface area contributed by atoms with Crippen molar-refractivity contribution in [2.75, 3.05) is 11.9 Å². The summed E-state index contributed by atoms with van der Waals surface area (Å²) in [5, 5.41) is 52.7. The minimum Gasteiger partial charge on any atom is -0.387 e. The predicted octanol–water partition coefficient (Wildman–Crippen LogP) is 3.92. The van der Waals surface area contributed by atoms with Gasteiger partial charge in [-0.25, -0.2) is 0 Å². The largest absolute Gasteiger partial charge is 0.387 e. The van der Waals surface area contributed by atoms with Gasteiger partial charge in [0, 0.05) is 17.8 Å². The van der Waals surface area contributed by atoms with Gasteiger partial charge in [0.15, 0.2) is 12.1 Å². The molecule has 6 N–H and O–H groups in total. The van der Waals surface area contributed by atoms with Crippen LogP contribution in [-0.2, 0) is 4.74 Å². The minimum atomic E-state index is -1.81. The van der Waals surface area contributed by atoms with Crippen LogP contribution in [0.2, 0.25) is 0 Å². The van der Waals surface area contributed by atoms with Gasteiger partial charge >= 0.3 is 0 Å². The SMILES string of the molecule is CCCCCCCCCCCCCCCCNc1ccc(C(=O)C(O)[C@H]2OC(O)[C@H](O)[C@@H](O)[C@@H]2O)cc1. The summed E-state index contributed by atoms with van der Waals surface area (Å²) in [6, 6.07) is 6.62. The molecule has 0 spiro atoms. The third-order valence-corrected chi connectivity index (χ3v) is 7.23. The van der Waals surface area contributed by atoms with Crippen molar-refractivity contribution in [1.29, 1.82) is 0 Å². The second-order valence-electron chi connectivity index (χ2n) is 10.4. The number of carbonyl (C=O) groups excluding carboxylic acids is 1. The predicted molar refractivity (Wildman–Crippen MR) is 144 cm³/mol. The Morgan fingerprint density at radius 2 is 1.24 bits per heavy atom. The van der Waals surface area contributed by atoms with Crippen LogP contribution in [0.3, 0.4) is 0 Å². The summed E-state index contributed by atoms with van der Waals surface area (Å²) in [5.41, 5.74) is 1.07. The molecule has 1 aromatic rings. The summed E-state index contributed by atoms with van der Waals surface area (Å²) in [6.07, 6.45) is 8.15. The normalized spacial score (nSPS) is 24.6. The standard InChI is InChI=1S/C29H49NO7/c1-2-3-4-5-6-7-8-9-10-11-12-13-14-15-20-30-22-18-16-21(17-19-22)23(31)25(33)28-26(34)24(32)27(35)29(36)37-28/h16-19,24-30,32-36H,2-15,20H2,1H3/t24-,25?,26-,27+,28+,29?/m0/s1. The first kappa shape index (κ1) is 31.7. The quantitative estimate of drug-likeness (QED) is 0.118. The van der Waals surface area contributed by atoms with Gasteiger partial charge in [-0.3, -0.25) is 4.79 Å². The molecule has 1 aromatic carbocycles.